The molecule has 0 saturated carbocycles. The topological polar surface area (TPSA) is 105 Å². The lowest BCUT2D eigenvalue weighted by molar-refractivity contribution is -0.138. The van der Waals surface area contributed by atoms with Crippen molar-refractivity contribution >= 4 is 24.0 Å². The maximum atomic E-state index is 12.4. The zero-order chi connectivity index (χ0) is 19.1. The van der Waals surface area contributed by atoms with E-state index < -0.39 is 6.04 Å². The van der Waals surface area contributed by atoms with Crippen LogP contribution in [0.15, 0.2) is 23.3 Å². The van der Waals surface area contributed by atoms with Gasteiger partial charge < -0.3 is 25.1 Å². The Bertz CT molecular complexity index is 641. The number of hydrogen-bond acceptors (Lipinski definition) is 5. The van der Waals surface area contributed by atoms with Gasteiger partial charge in [0.15, 0.2) is 0 Å². The molecule has 0 aromatic heterocycles. The quantitative estimate of drug-likeness (QED) is 0.604. The minimum Gasteiger partial charge on any atom is -0.377 e. The molecule has 8 nitrogen and oxygen atoms in total. The van der Waals surface area contributed by atoms with E-state index in [4.69, 9.17) is 4.74 Å². The number of rotatable bonds is 7. The van der Waals surface area contributed by atoms with Gasteiger partial charge in [0.25, 0.3) is 5.91 Å². The van der Waals surface area contributed by atoms with Gasteiger partial charge in [-0.25, -0.2) is 0 Å². The summed E-state index contributed by atoms with van der Waals surface area (Å²) in [5, 5.41) is 5.10. The third-order valence-electron chi connectivity index (χ3n) is 4.71. The number of carbonyl (C=O) groups excluding carboxylic acids is 4. The molecule has 0 radical (unpaired) electrons. The molecule has 2 N–H and O–H groups in total. The van der Waals surface area contributed by atoms with Crippen molar-refractivity contribution in [2.24, 2.45) is 0 Å². The number of aldehydes is 1. The highest BCUT2D eigenvalue weighted by molar-refractivity contribution is 5.99. The van der Waals surface area contributed by atoms with E-state index in [1.165, 1.54) is 4.90 Å². The zero-order valence-electron chi connectivity index (χ0n) is 15.1. The number of methoxy groups -OCH3 is 1. The highest BCUT2D eigenvalue weighted by Gasteiger charge is 2.34. The van der Waals surface area contributed by atoms with Crippen molar-refractivity contribution < 1.29 is 23.9 Å². The van der Waals surface area contributed by atoms with Crippen LogP contribution in [0.25, 0.3) is 0 Å². The van der Waals surface area contributed by atoms with E-state index in [0.29, 0.717) is 37.7 Å². The number of nitrogens with one attached hydrogen (secondary N) is 2. The maximum Gasteiger partial charge on any atom is 0.251 e. The lowest BCUT2D eigenvalue weighted by Gasteiger charge is -2.24. The van der Waals surface area contributed by atoms with Crippen LogP contribution in [0.4, 0.5) is 0 Å². The first kappa shape index (κ1) is 19.8. The third-order valence-corrected chi connectivity index (χ3v) is 4.71. The van der Waals surface area contributed by atoms with Gasteiger partial charge in [-0.2, -0.15) is 0 Å². The van der Waals surface area contributed by atoms with Crippen LogP contribution in [0.3, 0.4) is 0 Å². The van der Waals surface area contributed by atoms with E-state index in [-0.39, 0.29) is 36.9 Å². The van der Waals surface area contributed by atoms with Gasteiger partial charge in [-0.15, -0.1) is 0 Å². The van der Waals surface area contributed by atoms with Gasteiger partial charge >= 0.3 is 0 Å². The molecule has 0 aromatic carbocycles. The van der Waals surface area contributed by atoms with Crippen molar-refractivity contribution in [1.29, 1.82) is 0 Å². The van der Waals surface area contributed by atoms with Gasteiger partial charge in [0, 0.05) is 19.2 Å². The Morgan fingerprint density at radius 3 is 2.81 bits per heavy atom. The van der Waals surface area contributed by atoms with Crippen molar-refractivity contribution in [2.45, 2.75) is 38.3 Å². The van der Waals surface area contributed by atoms with Crippen LogP contribution in [-0.4, -0.2) is 67.8 Å². The largest absolute Gasteiger partial charge is 0.377 e. The average molecular weight is 363 g/mol. The highest BCUT2D eigenvalue weighted by atomic mass is 16.5. The summed E-state index contributed by atoms with van der Waals surface area (Å²) in [6.07, 6.45) is 6.03. The zero-order valence-corrected chi connectivity index (χ0v) is 15.1. The summed E-state index contributed by atoms with van der Waals surface area (Å²) >= 11 is 0. The van der Waals surface area contributed by atoms with Crippen LogP contribution in [-0.2, 0) is 23.9 Å². The number of ether oxygens (including phenoxy) is 1. The minimum absolute atomic E-state index is 0.0749. The fourth-order valence-electron chi connectivity index (χ4n) is 3.27. The fourth-order valence-corrected chi connectivity index (χ4v) is 3.27. The average Bonchev–Trinajstić information content (AvgIpc) is 3.14. The molecular formula is C18H25N3O5. The van der Waals surface area contributed by atoms with Crippen LogP contribution in [0.5, 0.6) is 0 Å². The Labute approximate surface area is 152 Å². The van der Waals surface area contributed by atoms with Crippen molar-refractivity contribution in [2.75, 3.05) is 26.7 Å². The molecule has 1 heterocycles. The van der Waals surface area contributed by atoms with Gasteiger partial charge in [-0.1, -0.05) is 12.2 Å². The van der Waals surface area contributed by atoms with Crippen LogP contribution in [0, 0.1) is 0 Å². The maximum absolute atomic E-state index is 12.4. The molecular weight excluding hydrogens is 338 g/mol. The molecule has 0 spiro atoms. The molecule has 2 aliphatic rings. The van der Waals surface area contributed by atoms with Crippen LogP contribution in [0.2, 0.25) is 0 Å². The second kappa shape index (κ2) is 9.28. The standard InChI is InChI=1S/C18H25N3O5/c1-12-13(5-3-7-15(12)26-2)17(24)20-11-16(23)21-9-4-6-14(21)18(25)19-8-10-22/h3,5,10,14-15H,4,6-9,11H2,1-2H3,(H,19,25)(H,20,24)/t14-,15?/m0/s1. The number of amides is 3. The molecule has 142 valence electrons. The van der Waals surface area contributed by atoms with E-state index >= 15 is 0 Å². The molecule has 0 aromatic rings. The predicted octanol–water partition coefficient (Wildman–Crippen LogP) is -0.300. The number of nitrogens with zero attached hydrogens (tertiary/aromatic N) is 1. The first-order valence-electron chi connectivity index (χ1n) is 8.68. The summed E-state index contributed by atoms with van der Waals surface area (Å²) in [7, 11) is 1.59. The van der Waals surface area contributed by atoms with Crippen molar-refractivity contribution in [1.82, 2.24) is 15.5 Å². The van der Waals surface area contributed by atoms with Crippen molar-refractivity contribution in [3.8, 4) is 0 Å². The third kappa shape index (κ3) is 4.57. The fraction of sp³-hybridized carbons (Fsp3) is 0.556. The Morgan fingerprint density at radius 1 is 1.35 bits per heavy atom. The van der Waals surface area contributed by atoms with Crippen molar-refractivity contribution in [3.63, 3.8) is 0 Å². The van der Waals surface area contributed by atoms with Crippen molar-refractivity contribution in [3.05, 3.63) is 23.3 Å². The first-order chi connectivity index (χ1) is 12.5. The summed E-state index contributed by atoms with van der Waals surface area (Å²) < 4.78 is 5.33. The summed E-state index contributed by atoms with van der Waals surface area (Å²) in [6, 6.07) is -0.590. The van der Waals surface area contributed by atoms with Gasteiger partial charge in [0.2, 0.25) is 11.8 Å². The predicted molar refractivity (Wildman–Crippen MR) is 94.1 cm³/mol. The molecule has 1 unspecified atom stereocenters. The lowest BCUT2D eigenvalue weighted by Crippen LogP contribution is -2.49. The smallest absolute Gasteiger partial charge is 0.251 e. The normalized spacial score (nSPS) is 22.3. The molecule has 1 fully saturated rings. The number of hydrogen-bond donors (Lipinski definition) is 2. The molecule has 1 aliphatic heterocycles. The van der Waals surface area contributed by atoms with Crippen LogP contribution < -0.4 is 10.6 Å². The van der Waals surface area contributed by atoms with Gasteiger partial charge in [-0.05, 0) is 31.8 Å². The van der Waals surface area contributed by atoms with Gasteiger partial charge in [0.05, 0.1) is 19.2 Å². The molecule has 26 heavy (non-hydrogen) atoms. The van der Waals surface area contributed by atoms with E-state index in [9.17, 15) is 19.2 Å². The number of carbonyl (C=O) groups is 4. The summed E-state index contributed by atoms with van der Waals surface area (Å²) in [4.78, 5) is 48.7. The first-order valence-corrected chi connectivity index (χ1v) is 8.68. The molecule has 0 bridgehead atoms. The van der Waals surface area contributed by atoms with Crippen LogP contribution >= 0.6 is 0 Å². The molecule has 1 saturated heterocycles. The van der Waals surface area contributed by atoms with E-state index in [1.54, 1.807) is 13.2 Å². The van der Waals surface area contributed by atoms with Crippen LogP contribution in [0.1, 0.15) is 26.2 Å². The summed E-state index contributed by atoms with van der Waals surface area (Å²) in [5.41, 5.74) is 1.32. The summed E-state index contributed by atoms with van der Waals surface area (Å²) in [5.74, 6) is -0.996. The van der Waals surface area contributed by atoms with Gasteiger partial charge in [0.1, 0.15) is 12.3 Å². The van der Waals surface area contributed by atoms with E-state index in [2.05, 4.69) is 10.6 Å². The molecule has 2 atom stereocenters. The van der Waals surface area contributed by atoms with Gasteiger partial charge in [-0.3, -0.25) is 14.4 Å². The van der Waals surface area contributed by atoms with E-state index in [1.807, 2.05) is 13.0 Å². The SMILES string of the molecule is COC1CC=CC(C(=O)NCC(=O)N2CCC[C@H]2C(=O)NCC=O)=C1C. The lowest BCUT2D eigenvalue weighted by atomic mass is 9.95. The second-order valence-corrected chi connectivity index (χ2v) is 6.30. The highest BCUT2D eigenvalue weighted by Crippen LogP contribution is 2.21. The number of likely N-dealkylation sites (tertiary alicyclic amines) is 1. The van der Waals surface area contributed by atoms with E-state index in [0.717, 1.165) is 5.57 Å². The monoisotopic (exact) mass is 363 g/mol. The molecule has 1 aliphatic carbocycles. The summed E-state index contributed by atoms with van der Waals surface area (Å²) in [6.45, 7) is 2.04. The Kier molecular flexibility index (Phi) is 7.08. The molecule has 2 rings (SSSR count). The second-order valence-electron chi connectivity index (χ2n) is 6.30. The Balaban J connectivity index is 1.93. The molecule has 8 heteroatoms. The molecule has 3 amide bonds. The Hall–Kier alpha value is -2.48. The Morgan fingerprint density at radius 2 is 2.12 bits per heavy atom. The minimum atomic E-state index is -0.590.